The maximum atomic E-state index is 14.1. The molecular formula is C20H22ClFN2O2S. The first kappa shape index (κ1) is 19.0. The molecule has 2 aliphatic rings. The third kappa shape index (κ3) is 4.08. The molecule has 4 rings (SSSR count). The molecular weight excluding hydrogens is 387 g/mol. The summed E-state index contributed by atoms with van der Waals surface area (Å²) in [5, 5.41) is 1.13. The van der Waals surface area contributed by atoms with E-state index >= 15 is 0 Å². The molecule has 1 atom stereocenters. The van der Waals surface area contributed by atoms with Crippen molar-refractivity contribution >= 4 is 23.4 Å². The molecule has 0 spiro atoms. The molecule has 1 aliphatic heterocycles. The van der Waals surface area contributed by atoms with Crippen molar-refractivity contribution < 1.29 is 9.13 Å². The van der Waals surface area contributed by atoms with Crippen LogP contribution in [0.15, 0.2) is 28.0 Å². The largest absolute Gasteiger partial charge is 0.376 e. The first-order chi connectivity index (χ1) is 13.1. The number of nitrogens with zero attached hydrogens (tertiary/aromatic N) is 2. The van der Waals surface area contributed by atoms with E-state index in [0.717, 1.165) is 61.4 Å². The van der Waals surface area contributed by atoms with Crippen molar-refractivity contribution in [3.05, 3.63) is 56.3 Å². The first-order valence-electron chi connectivity index (χ1n) is 9.43. The van der Waals surface area contributed by atoms with E-state index in [-0.39, 0.29) is 17.6 Å². The van der Waals surface area contributed by atoms with Crippen molar-refractivity contribution in [2.75, 3.05) is 6.61 Å². The Hall–Kier alpha value is -1.37. The first-order valence-corrected chi connectivity index (χ1v) is 10.8. The van der Waals surface area contributed by atoms with E-state index < -0.39 is 0 Å². The highest BCUT2D eigenvalue weighted by Crippen LogP contribution is 2.33. The lowest BCUT2D eigenvalue weighted by Gasteiger charge is -2.24. The zero-order valence-electron chi connectivity index (χ0n) is 15.0. The fourth-order valence-electron chi connectivity index (χ4n) is 3.86. The number of fused-ring (bicyclic) bond motifs is 1. The number of benzene rings is 1. The SMILES string of the molecule is O=c1nc(SCc2c(F)cccc2Cl)c2c(n1CC1CCCO1)CCCC2. The van der Waals surface area contributed by atoms with Crippen LogP contribution in [-0.4, -0.2) is 22.3 Å². The monoisotopic (exact) mass is 408 g/mol. The Balaban J connectivity index is 1.63. The Bertz CT molecular complexity index is 876. The quantitative estimate of drug-likeness (QED) is 0.543. The minimum atomic E-state index is -0.324. The molecule has 0 amide bonds. The summed E-state index contributed by atoms with van der Waals surface area (Å²) >= 11 is 7.54. The molecule has 7 heteroatoms. The van der Waals surface area contributed by atoms with Crippen molar-refractivity contribution in [2.24, 2.45) is 0 Å². The van der Waals surface area contributed by atoms with E-state index in [4.69, 9.17) is 16.3 Å². The average Bonchev–Trinajstić information content (AvgIpc) is 3.17. The van der Waals surface area contributed by atoms with Crippen molar-refractivity contribution in [2.45, 2.75) is 62.0 Å². The summed E-state index contributed by atoms with van der Waals surface area (Å²) in [6.45, 7) is 1.35. The van der Waals surface area contributed by atoms with Crippen LogP contribution in [0.1, 0.15) is 42.5 Å². The molecule has 144 valence electrons. The van der Waals surface area contributed by atoms with Crippen LogP contribution in [0.4, 0.5) is 4.39 Å². The van der Waals surface area contributed by atoms with Gasteiger partial charge in [-0.05, 0) is 50.7 Å². The Morgan fingerprint density at radius 2 is 2.15 bits per heavy atom. The number of ether oxygens (including phenoxy) is 1. The van der Waals surface area contributed by atoms with E-state index in [1.54, 1.807) is 12.1 Å². The van der Waals surface area contributed by atoms with Crippen LogP contribution >= 0.6 is 23.4 Å². The van der Waals surface area contributed by atoms with Crippen LogP contribution in [0.2, 0.25) is 5.02 Å². The second-order valence-corrected chi connectivity index (χ2v) is 8.44. The summed E-state index contributed by atoms with van der Waals surface area (Å²) in [5.74, 6) is 0.0377. The lowest BCUT2D eigenvalue weighted by Crippen LogP contribution is -2.33. The molecule has 1 aromatic heterocycles. The van der Waals surface area contributed by atoms with Crippen LogP contribution in [0.25, 0.3) is 0 Å². The van der Waals surface area contributed by atoms with Crippen LogP contribution in [0.5, 0.6) is 0 Å². The molecule has 1 unspecified atom stereocenters. The molecule has 1 aromatic carbocycles. The van der Waals surface area contributed by atoms with Gasteiger partial charge in [0.1, 0.15) is 10.8 Å². The fourth-order valence-corrected chi connectivity index (χ4v) is 5.28. The Morgan fingerprint density at radius 3 is 2.93 bits per heavy atom. The van der Waals surface area contributed by atoms with Gasteiger partial charge in [0.15, 0.2) is 0 Å². The zero-order valence-corrected chi connectivity index (χ0v) is 16.6. The minimum Gasteiger partial charge on any atom is -0.376 e. The predicted molar refractivity (Wildman–Crippen MR) is 105 cm³/mol. The van der Waals surface area contributed by atoms with Gasteiger partial charge in [-0.1, -0.05) is 17.7 Å². The number of rotatable bonds is 5. The van der Waals surface area contributed by atoms with Gasteiger partial charge in [-0.2, -0.15) is 4.98 Å². The summed E-state index contributed by atoms with van der Waals surface area (Å²) in [5.41, 5.74) is 2.45. The smallest absolute Gasteiger partial charge is 0.348 e. The summed E-state index contributed by atoms with van der Waals surface area (Å²) in [6.07, 6.45) is 6.09. The van der Waals surface area contributed by atoms with Gasteiger partial charge in [-0.3, -0.25) is 4.57 Å². The Labute approximate surface area is 167 Å². The fraction of sp³-hybridized carbons (Fsp3) is 0.500. The highest BCUT2D eigenvalue weighted by atomic mass is 35.5. The van der Waals surface area contributed by atoms with E-state index in [2.05, 4.69) is 4.98 Å². The molecule has 27 heavy (non-hydrogen) atoms. The normalized spacial score (nSPS) is 19.3. The second-order valence-electron chi connectivity index (χ2n) is 7.07. The maximum Gasteiger partial charge on any atom is 0.348 e. The third-order valence-corrected chi connectivity index (χ3v) is 6.67. The molecule has 1 aliphatic carbocycles. The summed E-state index contributed by atoms with van der Waals surface area (Å²) in [6, 6.07) is 4.69. The topological polar surface area (TPSA) is 44.1 Å². The van der Waals surface area contributed by atoms with E-state index in [0.29, 0.717) is 22.9 Å². The van der Waals surface area contributed by atoms with Gasteiger partial charge >= 0.3 is 5.69 Å². The zero-order chi connectivity index (χ0) is 18.8. The molecule has 1 fully saturated rings. The maximum absolute atomic E-state index is 14.1. The van der Waals surface area contributed by atoms with Gasteiger partial charge in [-0.15, -0.1) is 11.8 Å². The van der Waals surface area contributed by atoms with E-state index in [1.807, 2.05) is 4.57 Å². The number of halogens is 2. The lowest BCUT2D eigenvalue weighted by molar-refractivity contribution is 0.0947. The van der Waals surface area contributed by atoms with Crippen LogP contribution in [-0.2, 0) is 29.9 Å². The number of aromatic nitrogens is 2. The predicted octanol–water partition coefficient (Wildman–Crippen LogP) is 4.39. The lowest BCUT2D eigenvalue weighted by atomic mass is 9.97. The van der Waals surface area contributed by atoms with Gasteiger partial charge in [0.2, 0.25) is 0 Å². The van der Waals surface area contributed by atoms with E-state index in [1.165, 1.54) is 17.8 Å². The van der Waals surface area contributed by atoms with Crippen molar-refractivity contribution in [1.82, 2.24) is 9.55 Å². The van der Waals surface area contributed by atoms with Crippen molar-refractivity contribution in [1.29, 1.82) is 0 Å². The molecule has 1 saturated heterocycles. The van der Waals surface area contributed by atoms with Crippen molar-refractivity contribution in [3.8, 4) is 0 Å². The third-order valence-electron chi connectivity index (χ3n) is 5.28. The second kappa shape index (κ2) is 8.33. The minimum absolute atomic E-state index is 0.103. The van der Waals surface area contributed by atoms with Crippen LogP contribution in [0, 0.1) is 5.82 Å². The summed E-state index contributed by atoms with van der Waals surface area (Å²) < 4.78 is 21.6. The summed E-state index contributed by atoms with van der Waals surface area (Å²) in [4.78, 5) is 17.1. The van der Waals surface area contributed by atoms with Gasteiger partial charge in [0.25, 0.3) is 0 Å². The van der Waals surface area contributed by atoms with Crippen LogP contribution in [0.3, 0.4) is 0 Å². The van der Waals surface area contributed by atoms with Gasteiger partial charge in [0.05, 0.1) is 12.6 Å². The highest BCUT2D eigenvalue weighted by Gasteiger charge is 2.24. The number of hydrogen-bond donors (Lipinski definition) is 0. The van der Waals surface area contributed by atoms with Crippen LogP contribution < -0.4 is 5.69 Å². The molecule has 0 bridgehead atoms. The van der Waals surface area contributed by atoms with Gasteiger partial charge in [0, 0.05) is 34.2 Å². The molecule has 4 nitrogen and oxygen atoms in total. The summed E-state index contributed by atoms with van der Waals surface area (Å²) in [7, 11) is 0. The molecule has 0 radical (unpaired) electrons. The Morgan fingerprint density at radius 1 is 1.30 bits per heavy atom. The molecule has 2 heterocycles. The number of thioether (sulfide) groups is 1. The van der Waals surface area contributed by atoms with Crippen molar-refractivity contribution in [3.63, 3.8) is 0 Å². The highest BCUT2D eigenvalue weighted by molar-refractivity contribution is 7.98. The Kier molecular flexibility index (Phi) is 5.85. The van der Waals surface area contributed by atoms with E-state index in [9.17, 15) is 9.18 Å². The molecule has 0 N–H and O–H groups in total. The molecule has 0 saturated carbocycles. The van der Waals surface area contributed by atoms with Gasteiger partial charge in [-0.25, -0.2) is 9.18 Å². The molecule has 2 aromatic rings. The van der Waals surface area contributed by atoms with Gasteiger partial charge < -0.3 is 4.74 Å². The average molecular weight is 409 g/mol. The number of hydrogen-bond acceptors (Lipinski definition) is 4. The standard InChI is InChI=1S/C20H22ClFN2O2S/c21-16-7-3-8-17(22)15(16)12-27-19-14-6-1-2-9-18(14)24(20(25)23-19)11-13-5-4-10-26-13/h3,7-8,13H,1-2,4-6,9-12H2.